The van der Waals surface area contributed by atoms with Gasteiger partial charge in [-0.1, -0.05) is 42.5 Å². The van der Waals surface area contributed by atoms with Crippen molar-refractivity contribution < 1.29 is 13.2 Å². The van der Waals surface area contributed by atoms with Crippen molar-refractivity contribution in [2.24, 2.45) is 0 Å². The Morgan fingerprint density at radius 2 is 1.81 bits per heavy atom. The van der Waals surface area contributed by atoms with Gasteiger partial charge in [0, 0.05) is 6.04 Å². The SMILES string of the molecule is COc1cccc(C(C)NS(=O)(=O)Cc2ccccc2)c1. The Bertz CT molecular complexity index is 684. The van der Waals surface area contributed by atoms with Gasteiger partial charge in [-0.3, -0.25) is 0 Å². The van der Waals surface area contributed by atoms with Crippen LogP contribution >= 0.6 is 0 Å². The zero-order valence-corrected chi connectivity index (χ0v) is 12.9. The summed E-state index contributed by atoms with van der Waals surface area (Å²) in [6, 6.07) is 16.2. The molecule has 2 aromatic rings. The van der Waals surface area contributed by atoms with Crippen molar-refractivity contribution in [3.05, 3.63) is 65.7 Å². The second kappa shape index (κ2) is 6.74. The third-order valence-corrected chi connectivity index (χ3v) is 4.58. The fourth-order valence-corrected chi connectivity index (χ4v) is 3.47. The van der Waals surface area contributed by atoms with Gasteiger partial charge in [-0.15, -0.1) is 0 Å². The lowest BCUT2D eigenvalue weighted by atomic mass is 10.1. The highest BCUT2D eigenvalue weighted by molar-refractivity contribution is 7.88. The normalized spacial score (nSPS) is 12.9. The number of hydrogen-bond acceptors (Lipinski definition) is 3. The highest BCUT2D eigenvalue weighted by atomic mass is 32.2. The number of rotatable bonds is 6. The Kier molecular flexibility index (Phi) is 4.98. The summed E-state index contributed by atoms with van der Waals surface area (Å²) in [5, 5.41) is 0. The van der Waals surface area contributed by atoms with E-state index < -0.39 is 10.0 Å². The molecule has 112 valence electrons. The molecule has 0 heterocycles. The van der Waals surface area contributed by atoms with Gasteiger partial charge in [-0.25, -0.2) is 13.1 Å². The maximum atomic E-state index is 12.2. The maximum absolute atomic E-state index is 12.2. The van der Waals surface area contributed by atoms with E-state index >= 15 is 0 Å². The second-order valence-electron chi connectivity index (χ2n) is 4.86. The lowest BCUT2D eigenvalue weighted by Crippen LogP contribution is -2.28. The number of ether oxygens (including phenoxy) is 1. The largest absolute Gasteiger partial charge is 0.497 e. The molecule has 0 spiro atoms. The first-order valence-corrected chi connectivity index (χ1v) is 8.33. The van der Waals surface area contributed by atoms with Gasteiger partial charge in [0.05, 0.1) is 12.9 Å². The monoisotopic (exact) mass is 305 g/mol. The van der Waals surface area contributed by atoms with E-state index in [9.17, 15) is 8.42 Å². The van der Waals surface area contributed by atoms with Crippen LogP contribution in [-0.2, 0) is 15.8 Å². The lowest BCUT2D eigenvalue weighted by molar-refractivity contribution is 0.413. The third kappa shape index (κ3) is 4.58. The molecule has 1 atom stereocenters. The summed E-state index contributed by atoms with van der Waals surface area (Å²) >= 11 is 0. The number of sulfonamides is 1. The molecule has 0 fully saturated rings. The van der Waals surface area contributed by atoms with Gasteiger partial charge < -0.3 is 4.74 Å². The molecule has 0 radical (unpaired) electrons. The third-order valence-electron chi connectivity index (χ3n) is 3.15. The summed E-state index contributed by atoms with van der Waals surface area (Å²) in [6.07, 6.45) is 0. The molecule has 0 amide bonds. The Morgan fingerprint density at radius 3 is 2.48 bits per heavy atom. The molecular weight excluding hydrogens is 286 g/mol. The minimum Gasteiger partial charge on any atom is -0.497 e. The first-order chi connectivity index (χ1) is 10.00. The van der Waals surface area contributed by atoms with Gasteiger partial charge >= 0.3 is 0 Å². The smallest absolute Gasteiger partial charge is 0.216 e. The molecule has 0 aliphatic rings. The van der Waals surface area contributed by atoms with E-state index in [1.165, 1.54) is 0 Å². The fraction of sp³-hybridized carbons (Fsp3) is 0.250. The summed E-state index contributed by atoms with van der Waals surface area (Å²) in [7, 11) is -1.81. The van der Waals surface area contributed by atoms with Crippen LogP contribution in [0.25, 0.3) is 0 Å². The molecule has 0 aliphatic carbocycles. The van der Waals surface area contributed by atoms with Crippen LogP contribution < -0.4 is 9.46 Å². The molecule has 4 nitrogen and oxygen atoms in total. The molecule has 5 heteroatoms. The predicted octanol–water partition coefficient (Wildman–Crippen LogP) is 2.88. The van der Waals surface area contributed by atoms with E-state index in [1.54, 1.807) is 19.2 Å². The molecule has 1 unspecified atom stereocenters. The van der Waals surface area contributed by atoms with Crippen LogP contribution in [0.5, 0.6) is 5.75 Å². The van der Waals surface area contributed by atoms with Gasteiger partial charge in [0.1, 0.15) is 5.75 Å². The van der Waals surface area contributed by atoms with Crippen LogP contribution in [-0.4, -0.2) is 15.5 Å². The Labute approximate surface area is 125 Å². The predicted molar refractivity (Wildman–Crippen MR) is 83.6 cm³/mol. The average molecular weight is 305 g/mol. The van der Waals surface area contributed by atoms with Crippen molar-refractivity contribution in [3.8, 4) is 5.75 Å². The van der Waals surface area contributed by atoms with Crippen LogP contribution in [0.15, 0.2) is 54.6 Å². The number of methoxy groups -OCH3 is 1. The van der Waals surface area contributed by atoms with E-state index in [-0.39, 0.29) is 11.8 Å². The van der Waals surface area contributed by atoms with Crippen LogP contribution in [0.3, 0.4) is 0 Å². The second-order valence-corrected chi connectivity index (χ2v) is 6.61. The maximum Gasteiger partial charge on any atom is 0.216 e. The minimum atomic E-state index is -3.39. The van der Waals surface area contributed by atoms with Crippen molar-refractivity contribution >= 4 is 10.0 Å². The zero-order valence-electron chi connectivity index (χ0n) is 12.1. The number of hydrogen-bond donors (Lipinski definition) is 1. The molecule has 0 aromatic heterocycles. The average Bonchev–Trinajstić information content (AvgIpc) is 2.47. The van der Waals surface area contributed by atoms with Crippen molar-refractivity contribution in [1.82, 2.24) is 4.72 Å². The summed E-state index contributed by atoms with van der Waals surface area (Å²) in [5.41, 5.74) is 1.63. The lowest BCUT2D eigenvalue weighted by Gasteiger charge is -2.15. The number of benzene rings is 2. The summed E-state index contributed by atoms with van der Waals surface area (Å²) < 4.78 is 32.2. The minimum absolute atomic E-state index is 0.0256. The van der Waals surface area contributed by atoms with E-state index in [0.717, 1.165) is 11.1 Å². The van der Waals surface area contributed by atoms with Crippen molar-refractivity contribution in [2.75, 3.05) is 7.11 Å². The number of nitrogens with one attached hydrogen (secondary N) is 1. The molecule has 0 aliphatic heterocycles. The Morgan fingerprint density at radius 1 is 1.10 bits per heavy atom. The van der Waals surface area contributed by atoms with E-state index in [4.69, 9.17) is 4.74 Å². The van der Waals surface area contributed by atoms with Crippen LogP contribution in [0.2, 0.25) is 0 Å². The first kappa shape index (κ1) is 15.5. The summed E-state index contributed by atoms with van der Waals surface area (Å²) in [5.74, 6) is 0.684. The van der Waals surface area contributed by atoms with Crippen LogP contribution in [0.4, 0.5) is 0 Å². The van der Waals surface area contributed by atoms with Gasteiger partial charge in [-0.05, 0) is 30.2 Å². The molecule has 0 saturated carbocycles. The molecule has 1 N–H and O–H groups in total. The standard InChI is InChI=1S/C16H19NO3S/c1-13(15-9-6-10-16(11-15)20-2)17-21(18,19)12-14-7-4-3-5-8-14/h3-11,13,17H,12H2,1-2H3. The Balaban J connectivity index is 2.08. The van der Waals surface area contributed by atoms with Gasteiger partial charge in [-0.2, -0.15) is 0 Å². The first-order valence-electron chi connectivity index (χ1n) is 6.68. The Hall–Kier alpha value is -1.85. The van der Waals surface area contributed by atoms with Crippen LogP contribution in [0.1, 0.15) is 24.1 Å². The molecule has 2 aromatic carbocycles. The topological polar surface area (TPSA) is 55.4 Å². The fourth-order valence-electron chi connectivity index (χ4n) is 2.08. The van der Waals surface area contributed by atoms with Gasteiger partial charge in [0.15, 0.2) is 0 Å². The van der Waals surface area contributed by atoms with Gasteiger partial charge in [0.2, 0.25) is 10.0 Å². The molecule has 0 bridgehead atoms. The van der Waals surface area contributed by atoms with Crippen LogP contribution in [0, 0.1) is 0 Å². The molecule has 0 saturated heterocycles. The summed E-state index contributed by atoms with van der Waals surface area (Å²) in [4.78, 5) is 0. The molecule has 2 rings (SSSR count). The quantitative estimate of drug-likeness (QED) is 0.893. The summed E-state index contributed by atoms with van der Waals surface area (Å²) in [6.45, 7) is 1.82. The van der Waals surface area contributed by atoms with Crippen molar-refractivity contribution in [3.63, 3.8) is 0 Å². The van der Waals surface area contributed by atoms with E-state index in [1.807, 2.05) is 49.4 Å². The molecule has 21 heavy (non-hydrogen) atoms. The van der Waals surface area contributed by atoms with Crippen molar-refractivity contribution in [2.45, 2.75) is 18.7 Å². The van der Waals surface area contributed by atoms with E-state index in [2.05, 4.69) is 4.72 Å². The van der Waals surface area contributed by atoms with Gasteiger partial charge in [0.25, 0.3) is 0 Å². The zero-order chi connectivity index (χ0) is 15.3. The van der Waals surface area contributed by atoms with E-state index in [0.29, 0.717) is 5.75 Å². The highest BCUT2D eigenvalue weighted by Gasteiger charge is 2.16. The van der Waals surface area contributed by atoms with Crippen molar-refractivity contribution in [1.29, 1.82) is 0 Å². The highest BCUT2D eigenvalue weighted by Crippen LogP contribution is 2.20. The molecular formula is C16H19NO3S.